The maximum atomic E-state index is 13.2. The summed E-state index contributed by atoms with van der Waals surface area (Å²) in [6.45, 7) is 3.19. The van der Waals surface area contributed by atoms with E-state index < -0.39 is 0 Å². The van der Waals surface area contributed by atoms with Gasteiger partial charge < -0.3 is 14.4 Å². The molecular weight excluding hydrogens is 498 g/mol. The lowest BCUT2D eigenvalue weighted by Crippen LogP contribution is -2.46. The number of ether oxygens (including phenoxy) is 2. The van der Waals surface area contributed by atoms with Crippen LogP contribution in [0.3, 0.4) is 0 Å². The van der Waals surface area contributed by atoms with Crippen LogP contribution in [0.5, 0.6) is 11.5 Å². The predicted octanol–water partition coefficient (Wildman–Crippen LogP) is 5.95. The second-order valence-corrected chi connectivity index (χ2v) is 10.6. The first-order valence-electron chi connectivity index (χ1n) is 13.8. The minimum atomic E-state index is -0.159. The van der Waals surface area contributed by atoms with Crippen molar-refractivity contribution in [1.82, 2.24) is 14.8 Å². The van der Waals surface area contributed by atoms with Crippen LogP contribution in [0, 0.1) is 0 Å². The van der Waals surface area contributed by atoms with Gasteiger partial charge in [-0.2, -0.15) is 0 Å². The Morgan fingerprint density at radius 1 is 0.900 bits per heavy atom. The van der Waals surface area contributed by atoms with Crippen molar-refractivity contribution < 1.29 is 14.3 Å². The summed E-state index contributed by atoms with van der Waals surface area (Å²) in [4.78, 5) is 21.7. The molecule has 206 valence electrons. The number of likely N-dealkylation sites (tertiary alicyclic amines) is 1. The van der Waals surface area contributed by atoms with Gasteiger partial charge in [-0.15, -0.1) is 0 Å². The number of methoxy groups -OCH3 is 2. The third kappa shape index (κ3) is 6.02. The third-order valence-corrected chi connectivity index (χ3v) is 7.93. The zero-order valence-corrected chi connectivity index (χ0v) is 23.5. The number of aromatic nitrogens is 1. The second-order valence-electron chi connectivity index (χ2n) is 10.6. The minimum Gasteiger partial charge on any atom is -0.497 e. The maximum absolute atomic E-state index is 13.2. The van der Waals surface area contributed by atoms with Gasteiger partial charge in [-0.3, -0.25) is 14.7 Å². The molecule has 0 aliphatic carbocycles. The number of hydrogen-bond acceptors (Lipinski definition) is 5. The van der Waals surface area contributed by atoms with Crippen LogP contribution in [0.1, 0.15) is 45.5 Å². The van der Waals surface area contributed by atoms with E-state index in [4.69, 9.17) is 9.47 Å². The second kappa shape index (κ2) is 12.3. The number of nitrogens with zero attached hydrogens (tertiary/aromatic N) is 3. The van der Waals surface area contributed by atoms with Crippen molar-refractivity contribution in [2.75, 3.05) is 34.4 Å². The highest BCUT2D eigenvalue weighted by atomic mass is 16.5. The summed E-state index contributed by atoms with van der Waals surface area (Å²) < 4.78 is 10.9. The zero-order valence-electron chi connectivity index (χ0n) is 23.5. The molecule has 5 rings (SSSR count). The summed E-state index contributed by atoms with van der Waals surface area (Å²) in [6, 6.07) is 28.9. The molecule has 40 heavy (non-hydrogen) atoms. The SMILES string of the molecule is COc1ccc(C2(c3ccc(OC)cc3)CCCN(Cc3cccc(C(=O)N(C)Cc4cccnc4)c3)C2)cc1. The number of pyridine rings is 1. The molecule has 1 aromatic heterocycles. The van der Waals surface area contributed by atoms with Crippen LogP contribution in [-0.4, -0.2) is 55.0 Å². The highest BCUT2D eigenvalue weighted by molar-refractivity contribution is 5.94. The molecule has 0 saturated carbocycles. The molecule has 0 bridgehead atoms. The first-order valence-corrected chi connectivity index (χ1v) is 13.8. The number of amides is 1. The molecule has 1 aliphatic heterocycles. The van der Waals surface area contributed by atoms with Gasteiger partial charge >= 0.3 is 0 Å². The molecule has 1 amide bonds. The van der Waals surface area contributed by atoms with Crippen molar-refractivity contribution in [3.05, 3.63) is 125 Å². The third-order valence-electron chi connectivity index (χ3n) is 7.93. The fraction of sp³-hybridized carbons (Fsp3) is 0.294. The number of carbonyl (C=O) groups excluding carboxylic acids is 1. The summed E-state index contributed by atoms with van der Waals surface area (Å²) in [5, 5.41) is 0. The van der Waals surface area contributed by atoms with Crippen molar-refractivity contribution in [2.24, 2.45) is 0 Å². The Morgan fingerprint density at radius 2 is 1.55 bits per heavy atom. The van der Waals surface area contributed by atoms with Crippen molar-refractivity contribution in [1.29, 1.82) is 0 Å². The van der Waals surface area contributed by atoms with Gasteiger partial charge in [0.1, 0.15) is 11.5 Å². The average Bonchev–Trinajstić information content (AvgIpc) is 3.01. The van der Waals surface area contributed by atoms with Gasteiger partial charge in [0.05, 0.1) is 14.2 Å². The molecule has 0 radical (unpaired) electrons. The Morgan fingerprint density at radius 3 is 2.15 bits per heavy atom. The summed E-state index contributed by atoms with van der Waals surface area (Å²) in [6.07, 6.45) is 5.67. The first kappa shape index (κ1) is 27.4. The fourth-order valence-electron chi connectivity index (χ4n) is 5.86. The van der Waals surface area contributed by atoms with Crippen LogP contribution in [0.4, 0.5) is 0 Å². The lowest BCUT2D eigenvalue weighted by molar-refractivity contribution is 0.0784. The molecule has 0 spiro atoms. The van der Waals surface area contributed by atoms with Crippen LogP contribution in [0.2, 0.25) is 0 Å². The van der Waals surface area contributed by atoms with Crippen LogP contribution in [0.25, 0.3) is 0 Å². The van der Waals surface area contributed by atoms with E-state index in [1.165, 1.54) is 11.1 Å². The van der Waals surface area contributed by atoms with E-state index in [-0.39, 0.29) is 11.3 Å². The van der Waals surface area contributed by atoms with Crippen molar-refractivity contribution in [2.45, 2.75) is 31.3 Å². The summed E-state index contributed by atoms with van der Waals surface area (Å²) in [7, 11) is 5.24. The highest BCUT2D eigenvalue weighted by Crippen LogP contribution is 2.42. The molecule has 0 atom stereocenters. The Hall–Kier alpha value is -4.16. The van der Waals surface area contributed by atoms with Crippen LogP contribution in [-0.2, 0) is 18.5 Å². The smallest absolute Gasteiger partial charge is 0.253 e. The minimum absolute atomic E-state index is 0.00941. The molecule has 3 aromatic carbocycles. The van der Waals surface area contributed by atoms with E-state index >= 15 is 0 Å². The average molecular weight is 536 g/mol. The topological polar surface area (TPSA) is 54.9 Å². The summed E-state index contributed by atoms with van der Waals surface area (Å²) >= 11 is 0. The van der Waals surface area contributed by atoms with Gasteiger partial charge in [-0.1, -0.05) is 42.5 Å². The van der Waals surface area contributed by atoms with E-state index in [1.54, 1.807) is 31.5 Å². The number of rotatable bonds is 9. The van der Waals surface area contributed by atoms with E-state index in [1.807, 2.05) is 37.4 Å². The maximum Gasteiger partial charge on any atom is 0.253 e. The highest BCUT2D eigenvalue weighted by Gasteiger charge is 2.38. The molecule has 1 saturated heterocycles. The fourth-order valence-corrected chi connectivity index (χ4v) is 5.86. The number of carbonyl (C=O) groups is 1. The molecule has 1 fully saturated rings. The van der Waals surface area contributed by atoms with Gasteiger partial charge in [0.15, 0.2) is 0 Å². The van der Waals surface area contributed by atoms with Gasteiger partial charge in [0.2, 0.25) is 0 Å². The summed E-state index contributed by atoms with van der Waals surface area (Å²) in [5.41, 5.74) is 5.26. The lowest BCUT2D eigenvalue weighted by Gasteiger charge is -2.44. The quantitative estimate of drug-likeness (QED) is 0.265. The van der Waals surface area contributed by atoms with Gasteiger partial charge in [-0.25, -0.2) is 0 Å². The van der Waals surface area contributed by atoms with E-state index in [2.05, 4.69) is 64.5 Å². The normalized spacial score (nSPS) is 14.9. The Balaban J connectivity index is 1.37. The Labute approximate surface area is 237 Å². The lowest BCUT2D eigenvalue weighted by atomic mass is 9.69. The van der Waals surface area contributed by atoms with E-state index in [0.717, 1.165) is 55.1 Å². The predicted molar refractivity (Wildman–Crippen MR) is 158 cm³/mol. The van der Waals surface area contributed by atoms with Gasteiger partial charge in [0, 0.05) is 50.1 Å². The molecule has 6 nitrogen and oxygen atoms in total. The van der Waals surface area contributed by atoms with Crippen molar-refractivity contribution in [3.63, 3.8) is 0 Å². The number of hydrogen-bond donors (Lipinski definition) is 0. The largest absolute Gasteiger partial charge is 0.497 e. The van der Waals surface area contributed by atoms with Crippen LogP contribution in [0.15, 0.2) is 97.3 Å². The molecule has 2 heterocycles. The van der Waals surface area contributed by atoms with E-state index in [9.17, 15) is 4.79 Å². The molecule has 1 aliphatic rings. The number of piperidine rings is 1. The molecule has 4 aromatic rings. The first-order chi connectivity index (χ1) is 19.5. The molecule has 0 unspecified atom stereocenters. The van der Waals surface area contributed by atoms with Crippen LogP contribution >= 0.6 is 0 Å². The van der Waals surface area contributed by atoms with Crippen LogP contribution < -0.4 is 9.47 Å². The molecule has 6 heteroatoms. The monoisotopic (exact) mass is 535 g/mol. The van der Waals surface area contributed by atoms with Gasteiger partial charge in [-0.05, 0) is 84.1 Å². The Bertz CT molecular complexity index is 1360. The molecular formula is C34H37N3O3. The van der Waals surface area contributed by atoms with Gasteiger partial charge in [0.25, 0.3) is 5.91 Å². The Kier molecular flexibility index (Phi) is 8.46. The van der Waals surface area contributed by atoms with Crippen molar-refractivity contribution >= 4 is 5.91 Å². The standard InChI is InChI=1S/C34H37N3O3/c1-36(23-27-8-5-19-35-22-27)33(38)28-9-4-7-26(21-28)24-37-20-6-18-34(25-37,29-10-14-31(39-2)15-11-29)30-12-16-32(40-3)17-13-30/h4-5,7-17,19,21-22H,6,18,20,23-25H2,1-3H3. The number of benzene rings is 3. The molecule has 0 N–H and O–H groups in total. The van der Waals surface area contributed by atoms with Crippen molar-refractivity contribution in [3.8, 4) is 11.5 Å². The zero-order chi connectivity index (χ0) is 28.0. The summed E-state index contributed by atoms with van der Waals surface area (Å²) in [5.74, 6) is 1.72. The van der Waals surface area contributed by atoms with E-state index in [0.29, 0.717) is 12.1 Å².